The Morgan fingerprint density at radius 2 is 0.957 bits per heavy atom. The van der Waals surface area contributed by atoms with E-state index in [1.54, 1.807) is 24.3 Å². The van der Waals surface area contributed by atoms with Crippen molar-refractivity contribution in [2.45, 2.75) is 129 Å². The zero-order valence-corrected chi connectivity index (χ0v) is 28.5. The van der Waals surface area contributed by atoms with Gasteiger partial charge in [-0.05, 0) is 60.4 Å². The summed E-state index contributed by atoms with van der Waals surface area (Å²) in [4.78, 5) is 12.8. The number of benzene rings is 3. The average molecular weight is 633 g/mol. The number of rotatable bonds is 25. The maximum atomic E-state index is 15.0. The number of carbonyl (C=O) groups excluding carboxylic acids is 1. The Kier molecular flexibility index (Phi) is 18.6. The van der Waals surface area contributed by atoms with Crippen molar-refractivity contribution in [3.63, 3.8) is 0 Å². The number of ether oxygens (including phenoxy) is 3. The van der Waals surface area contributed by atoms with E-state index in [0.717, 1.165) is 42.7 Å². The number of unbranched alkanes of at least 4 members (excludes halogenated alkanes) is 16. The Bertz CT molecular complexity index is 1220. The highest BCUT2D eigenvalue weighted by Gasteiger charge is 2.16. The lowest BCUT2D eigenvalue weighted by atomic mass is 10.0. The van der Waals surface area contributed by atoms with Gasteiger partial charge < -0.3 is 14.2 Å². The Morgan fingerprint density at radius 1 is 0.522 bits per heavy atom. The Balaban J connectivity index is 1.36. The van der Waals surface area contributed by atoms with Gasteiger partial charge in [0.1, 0.15) is 5.75 Å². The number of carbonyl (C=O) groups is 1. The summed E-state index contributed by atoms with van der Waals surface area (Å²) in [5.41, 5.74) is 2.35. The summed E-state index contributed by atoms with van der Waals surface area (Å²) in [6, 6.07) is 19.8. The lowest BCUT2D eigenvalue weighted by Gasteiger charge is -2.11. The monoisotopic (exact) mass is 632 g/mol. The average Bonchev–Trinajstić information content (AvgIpc) is 3.08. The van der Waals surface area contributed by atoms with Gasteiger partial charge in [-0.3, -0.25) is 0 Å². The van der Waals surface area contributed by atoms with Gasteiger partial charge in [-0.25, -0.2) is 4.79 Å². The third-order valence-electron chi connectivity index (χ3n) is 8.46. The van der Waals surface area contributed by atoms with Crippen LogP contribution in [0.3, 0.4) is 0 Å². The van der Waals surface area contributed by atoms with E-state index >= 15 is 4.39 Å². The molecule has 0 aliphatic heterocycles. The second-order valence-electron chi connectivity index (χ2n) is 12.4. The van der Waals surface area contributed by atoms with Crippen molar-refractivity contribution in [2.75, 3.05) is 13.2 Å². The molecule has 0 N–H and O–H groups in total. The largest absolute Gasteiger partial charge is 0.494 e. The van der Waals surface area contributed by atoms with E-state index in [0.29, 0.717) is 12.2 Å². The molecule has 4 nitrogen and oxygen atoms in total. The second-order valence-corrected chi connectivity index (χ2v) is 12.4. The summed E-state index contributed by atoms with van der Waals surface area (Å²) in [7, 11) is 0. The minimum absolute atomic E-state index is 0.111. The molecule has 0 aromatic heterocycles. The van der Waals surface area contributed by atoms with Gasteiger partial charge in [-0.2, -0.15) is 4.39 Å². The van der Waals surface area contributed by atoms with Gasteiger partial charge in [0.2, 0.25) is 5.82 Å². The lowest BCUT2D eigenvalue weighted by molar-refractivity contribution is 0.0727. The molecule has 0 aliphatic carbocycles. The van der Waals surface area contributed by atoms with Crippen molar-refractivity contribution in [3.8, 4) is 28.4 Å². The van der Waals surface area contributed by atoms with Gasteiger partial charge >= 0.3 is 5.97 Å². The highest BCUT2D eigenvalue weighted by Crippen LogP contribution is 2.28. The molecule has 0 aliphatic rings. The van der Waals surface area contributed by atoms with Crippen LogP contribution in [0.15, 0.2) is 66.7 Å². The van der Waals surface area contributed by atoms with Crippen molar-refractivity contribution in [1.82, 2.24) is 0 Å². The first-order valence-corrected chi connectivity index (χ1v) is 18.1. The molecule has 0 radical (unpaired) electrons. The van der Waals surface area contributed by atoms with Crippen molar-refractivity contribution in [2.24, 2.45) is 0 Å². The van der Waals surface area contributed by atoms with Gasteiger partial charge in [0.05, 0.1) is 18.8 Å². The standard InChI is InChI=1S/C41H57FO4/c1-3-5-7-9-11-13-14-16-17-19-32-44-37-30-28-35(29-31-37)34-24-26-36(27-25-34)41(43)46-39-23-21-22-38(40(39)42)45-33-20-18-15-12-10-8-6-4-2/h21-31H,3-20,32-33H2,1-2H3. The maximum Gasteiger partial charge on any atom is 0.343 e. The summed E-state index contributed by atoms with van der Waals surface area (Å²) in [6.07, 6.45) is 22.6. The van der Waals surface area contributed by atoms with Crippen molar-refractivity contribution >= 4 is 5.97 Å². The van der Waals surface area contributed by atoms with Crippen molar-refractivity contribution in [3.05, 3.63) is 78.1 Å². The predicted octanol–water partition coefficient (Wildman–Crippen LogP) is 12.5. The molecule has 3 rings (SSSR count). The van der Waals surface area contributed by atoms with E-state index < -0.39 is 11.8 Å². The first-order valence-electron chi connectivity index (χ1n) is 18.1. The van der Waals surface area contributed by atoms with E-state index in [-0.39, 0.29) is 11.5 Å². The molecule has 0 atom stereocenters. The first kappa shape index (κ1) is 37.1. The maximum absolute atomic E-state index is 15.0. The molecular formula is C41H57FO4. The SMILES string of the molecule is CCCCCCCCCCCCOc1ccc(-c2ccc(C(=O)Oc3cccc(OCCCCCCCCCC)c3F)cc2)cc1. The smallest absolute Gasteiger partial charge is 0.343 e. The molecule has 46 heavy (non-hydrogen) atoms. The molecule has 0 saturated heterocycles. The molecule has 3 aromatic carbocycles. The molecule has 0 fully saturated rings. The molecule has 0 amide bonds. The summed E-state index contributed by atoms with van der Waals surface area (Å²) in [6.45, 7) is 5.66. The Hall–Kier alpha value is -3.34. The van der Waals surface area contributed by atoms with Crippen LogP contribution in [0, 0.1) is 5.82 Å². The minimum atomic E-state index is -0.650. The van der Waals surface area contributed by atoms with Crippen LogP contribution >= 0.6 is 0 Å². The highest BCUT2D eigenvalue weighted by atomic mass is 19.1. The van der Waals surface area contributed by atoms with Gasteiger partial charge in [0.25, 0.3) is 0 Å². The Morgan fingerprint density at radius 3 is 1.48 bits per heavy atom. The molecule has 0 bridgehead atoms. The highest BCUT2D eigenvalue weighted by molar-refractivity contribution is 5.91. The fraction of sp³-hybridized carbons (Fsp3) is 0.537. The minimum Gasteiger partial charge on any atom is -0.494 e. The van der Waals surface area contributed by atoms with Crippen LogP contribution in [-0.4, -0.2) is 19.2 Å². The summed E-state index contributed by atoms with van der Waals surface area (Å²) in [5, 5.41) is 0. The van der Waals surface area contributed by atoms with E-state index in [1.165, 1.54) is 102 Å². The summed E-state index contributed by atoms with van der Waals surface area (Å²) < 4.78 is 32.0. The topological polar surface area (TPSA) is 44.8 Å². The number of halogens is 1. The van der Waals surface area contributed by atoms with Crippen LogP contribution in [0.1, 0.15) is 140 Å². The van der Waals surface area contributed by atoms with Crippen LogP contribution in [0.4, 0.5) is 4.39 Å². The number of hydrogen-bond acceptors (Lipinski definition) is 4. The molecule has 0 spiro atoms. The van der Waals surface area contributed by atoms with E-state index in [1.807, 2.05) is 36.4 Å². The Labute approximate surface area is 278 Å². The van der Waals surface area contributed by atoms with Gasteiger partial charge in [-0.15, -0.1) is 0 Å². The number of hydrogen-bond donors (Lipinski definition) is 0. The van der Waals surface area contributed by atoms with Gasteiger partial charge in [0, 0.05) is 0 Å². The third kappa shape index (κ3) is 14.4. The predicted molar refractivity (Wildman–Crippen MR) is 189 cm³/mol. The molecule has 0 heterocycles. The fourth-order valence-electron chi connectivity index (χ4n) is 5.58. The molecule has 252 valence electrons. The van der Waals surface area contributed by atoms with E-state index in [2.05, 4.69) is 13.8 Å². The molecule has 0 saturated carbocycles. The van der Waals surface area contributed by atoms with E-state index in [4.69, 9.17) is 14.2 Å². The molecule has 0 unspecified atom stereocenters. The van der Waals surface area contributed by atoms with Gasteiger partial charge in [-0.1, -0.05) is 147 Å². The lowest BCUT2D eigenvalue weighted by Crippen LogP contribution is -2.10. The zero-order chi connectivity index (χ0) is 32.7. The number of esters is 1. The second kappa shape index (κ2) is 23.1. The normalized spacial score (nSPS) is 11.0. The van der Waals surface area contributed by atoms with Crippen LogP contribution < -0.4 is 14.2 Å². The van der Waals surface area contributed by atoms with Crippen molar-refractivity contribution < 1.29 is 23.4 Å². The third-order valence-corrected chi connectivity index (χ3v) is 8.46. The van der Waals surface area contributed by atoms with Crippen molar-refractivity contribution in [1.29, 1.82) is 0 Å². The van der Waals surface area contributed by atoms with E-state index in [9.17, 15) is 4.79 Å². The molecular weight excluding hydrogens is 575 g/mol. The molecule has 5 heteroatoms. The van der Waals surface area contributed by atoms with Crippen LogP contribution in [-0.2, 0) is 0 Å². The summed E-state index contributed by atoms with van der Waals surface area (Å²) >= 11 is 0. The molecule has 3 aromatic rings. The fourth-order valence-corrected chi connectivity index (χ4v) is 5.58. The van der Waals surface area contributed by atoms with Crippen LogP contribution in [0.5, 0.6) is 17.2 Å². The quantitative estimate of drug-likeness (QED) is 0.0529. The first-order chi connectivity index (χ1) is 22.6. The zero-order valence-electron chi connectivity index (χ0n) is 28.5. The summed E-state index contributed by atoms with van der Waals surface area (Å²) in [5.74, 6) is -0.412. The van der Waals surface area contributed by atoms with Crippen LogP contribution in [0.2, 0.25) is 0 Å². The van der Waals surface area contributed by atoms with Crippen LogP contribution in [0.25, 0.3) is 11.1 Å². The van der Waals surface area contributed by atoms with Gasteiger partial charge in [0.15, 0.2) is 11.5 Å².